The maximum Gasteiger partial charge on any atom is 0.113 e. The zero-order valence-electron chi connectivity index (χ0n) is 13.7. The summed E-state index contributed by atoms with van der Waals surface area (Å²) in [5, 5.41) is 2.54. The largest absolute Gasteiger partial charge is 0.113 e. The molecule has 4 aromatic carbocycles. The highest BCUT2D eigenvalue weighted by Crippen LogP contribution is 2.40. The van der Waals surface area contributed by atoms with Crippen LogP contribution in [0.5, 0.6) is 0 Å². The van der Waals surface area contributed by atoms with Crippen molar-refractivity contribution in [2.24, 2.45) is 0 Å². The van der Waals surface area contributed by atoms with Crippen LogP contribution in [-0.2, 0) is 0 Å². The standard InChI is InChI=1S/C23H17B/c1-16-15-19-9-5-6-10-21(19)23(18-11-13-20(24)14-12-18)22(16)17-7-3-2-4-8-17/h2-15H,1H3. The van der Waals surface area contributed by atoms with Gasteiger partial charge < -0.3 is 0 Å². The lowest BCUT2D eigenvalue weighted by molar-refractivity contribution is 1.48. The molecule has 0 aromatic heterocycles. The van der Waals surface area contributed by atoms with E-state index in [1.54, 1.807) is 0 Å². The van der Waals surface area contributed by atoms with Gasteiger partial charge in [0.05, 0.1) is 0 Å². The molecular formula is C23H17B. The lowest BCUT2D eigenvalue weighted by Gasteiger charge is -2.17. The van der Waals surface area contributed by atoms with E-state index in [1.807, 2.05) is 12.1 Å². The Bertz CT molecular complexity index is 999. The summed E-state index contributed by atoms with van der Waals surface area (Å²) in [7, 11) is 5.90. The summed E-state index contributed by atoms with van der Waals surface area (Å²) in [6.45, 7) is 2.19. The number of fused-ring (bicyclic) bond motifs is 1. The molecular weight excluding hydrogens is 287 g/mol. The summed E-state index contributed by atoms with van der Waals surface area (Å²) in [4.78, 5) is 0. The monoisotopic (exact) mass is 304 g/mol. The molecule has 0 saturated heterocycles. The molecule has 1 heteroatoms. The Balaban J connectivity index is 2.13. The lowest BCUT2D eigenvalue weighted by Crippen LogP contribution is -2.00. The average molecular weight is 304 g/mol. The SMILES string of the molecule is [B]c1ccc(-c2c(-c3ccccc3)c(C)cc3ccccc23)cc1. The van der Waals surface area contributed by atoms with E-state index in [4.69, 9.17) is 7.85 Å². The number of rotatable bonds is 2. The van der Waals surface area contributed by atoms with E-state index < -0.39 is 0 Å². The van der Waals surface area contributed by atoms with Gasteiger partial charge in [-0.3, -0.25) is 0 Å². The van der Waals surface area contributed by atoms with Crippen molar-refractivity contribution in [3.63, 3.8) is 0 Å². The lowest BCUT2D eigenvalue weighted by atomic mass is 9.85. The van der Waals surface area contributed by atoms with Crippen LogP contribution in [0.4, 0.5) is 0 Å². The fraction of sp³-hybridized carbons (Fsp3) is 0.0435. The second kappa shape index (κ2) is 6.01. The van der Waals surface area contributed by atoms with Crippen molar-refractivity contribution in [1.82, 2.24) is 0 Å². The van der Waals surface area contributed by atoms with Crippen LogP contribution in [0.15, 0.2) is 84.9 Å². The number of hydrogen-bond donors (Lipinski definition) is 0. The van der Waals surface area contributed by atoms with Gasteiger partial charge in [-0.15, -0.1) is 0 Å². The molecule has 0 amide bonds. The molecule has 0 aliphatic carbocycles. The average Bonchev–Trinajstić information content (AvgIpc) is 2.62. The van der Waals surface area contributed by atoms with Crippen molar-refractivity contribution in [2.45, 2.75) is 6.92 Å². The first-order chi connectivity index (χ1) is 11.7. The third-order valence-corrected chi connectivity index (χ3v) is 4.51. The first kappa shape index (κ1) is 14.8. The molecule has 2 radical (unpaired) electrons. The molecule has 0 aliphatic rings. The molecule has 0 atom stereocenters. The zero-order chi connectivity index (χ0) is 16.5. The highest BCUT2D eigenvalue weighted by Gasteiger charge is 2.14. The number of benzene rings is 4. The van der Waals surface area contributed by atoms with Gasteiger partial charge >= 0.3 is 0 Å². The van der Waals surface area contributed by atoms with Crippen molar-refractivity contribution >= 4 is 24.1 Å². The predicted octanol–water partition coefficient (Wildman–Crippen LogP) is 5.28. The molecule has 24 heavy (non-hydrogen) atoms. The molecule has 0 saturated carbocycles. The molecule has 0 heterocycles. The minimum atomic E-state index is 0.789. The molecule has 0 bridgehead atoms. The molecule has 0 aliphatic heterocycles. The van der Waals surface area contributed by atoms with Crippen molar-refractivity contribution in [2.75, 3.05) is 0 Å². The van der Waals surface area contributed by atoms with Crippen molar-refractivity contribution in [3.8, 4) is 22.3 Å². The van der Waals surface area contributed by atoms with Crippen LogP contribution in [0.2, 0.25) is 0 Å². The van der Waals surface area contributed by atoms with Gasteiger partial charge in [-0.05, 0) is 45.5 Å². The molecule has 0 unspecified atom stereocenters. The fourth-order valence-electron chi connectivity index (χ4n) is 3.41. The number of aryl methyl sites for hydroxylation is 1. The van der Waals surface area contributed by atoms with Crippen LogP contribution in [0.25, 0.3) is 33.0 Å². The molecule has 0 N–H and O–H groups in total. The minimum Gasteiger partial charge on any atom is -0.0966 e. The number of hydrogen-bond acceptors (Lipinski definition) is 0. The Morgan fingerprint density at radius 1 is 0.625 bits per heavy atom. The van der Waals surface area contributed by atoms with E-state index in [2.05, 4.69) is 79.7 Å². The Morgan fingerprint density at radius 2 is 1.25 bits per heavy atom. The Kier molecular flexibility index (Phi) is 3.70. The van der Waals surface area contributed by atoms with E-state index in [-0.39, 0.29) is 0 Å². The van der Waals surface area contributed by atoms with E-state index in [1.165, 1.54) is 38.6 Å². The Labute approximate surface area is 144 Å². The smallest absolute Gasteiger partial charge is 0.0966 e. The second-order valence-corrected chi connectivity index (χ2v) is 6.15. The van der Waals surface area contributed by atoms with Crippen LogP contribution in [0, 0.1) is 6.92 Å². The first-order valence-corrected chi connectivity index (χ1v) is 8.18. The van der Waals surface area contributed by atoms with Crippen molar-refractivity contribution in [1.29, 1.82) is 0 Å². The van der Waals surface area contributed by atoms with E-state index in [0.717, 1.165) is 5.46 Å². The normalized spacial score (nSPS) is 10.9. The topological polar surface area (TPSA) is 0 Å². The zero-order valence-corrected chi connectivity index (χ0v) is 13.7. The van der Waals surface area contributed by atoms with Crippen molar-refractivity contribution in [3.05, 3.63) is 90.5 Å². The van der Waals surface area contributed by atoms with Gasteiger partial charge in [0.1, 0.15) is 7.85 Å². The van der Waals surface area contributed by atoms with Crippen LogP contribution in [0.1, 0.15) is 5.56 Å². The van der Waals surface area contributed by atoms with Crippen LogP contribution >= 0.6 is 0 Å². The highest BCUT2D eigenvalue weighted by molar-refractivity contribution is 6.32. The maximum atomic E-state index is 5.90. The molecule has 0 nitrogen and oxygen atoms in total. The first-order valence-electron chi connectivity index (χ1n) is 8.18. The summed E-state index contributed by atoms with van der Waals surface area (Å²) >= 11 is 0. The maximum absolute atomic E-state index is 5.90. The quantitative estimate of drug-likeness (QED) is 0.442. The fourth-order valence-corrected chi connectivity index (χ4v) is 3.41. The molecule has 4 aromatic rings. The van der Waals surface area contributed by atoms with Gasteiger partial charge in [-0.25, -0.2) is 0 Å². The second-order valence-electron chi connectivity index (χ2n) is 6.15. The predicted molar refractivity (Wildman–Crippen MR) is 105 cm³/mol. The Hall–Kier alpha value is -2.80. The molecule has 0 fully saturated rings. The van der Waals surface area contributed by atoms with E-state index in [9.17, 15) is 0 Å². The summed E-state index contributed by atoms with van der Waals surface area (Å²) in [5.41, 5.74) is 7.08. The third-order valence-electron chi connectivity index (χ3n) is 4.51. The summed E-state index contributed by atoms with van der Waals surface area (Å²) < 4.78 is 0. The van der Waals surface area contributed by atoms with Gasteiger partial charge in [-0.1, -0.05) is 90.4 Å². The van der Waals surface area contributed by atoms with E-state index in [0.29, 0.717) is 0 Å². The van der Waals surface area contributed by atoms with Gasteiger partial charge in [0.15, 0.2) is 0 Å². The Morgan fingerprint density at radius 3 is 2.00 bits per heavy atom. The van der Waals surface area contributed by atoms with E-state index >= 15 is 0 Å². The summed E-state index contributed by atoms with van der Waals surface area (Å²) in [5.74, 6) is 0. The van der Waals surface area contributed by atoms with Gasteiger partial charge in [0.25, 0.3) is 0 Å². The van der Waals surface area contributed by atoms with Gasteiger partial charge in [-0.2, -0.15) is 0 Å². The molecule has 0 spiro atoms. The summed E-state index contributed by atoms with van der Waals surface area (Å²) in [6.07, 6.45) is 0. The van der Waals surface area contributed by atoms with Crippen LogP contribution in [0.3, 0.4) is 0 Å². The minimum absolute atomic E-state index is 0.789. The van der Waals surface area contributed by atoms with Crippen LogP contribution < -0.4 is 5.46 Å². The highest BCUT2D eigenvalue weighted by atomic mass is 14.2. The van der Waals surface area contributed by atoms with Gasteiger partial charge in [0.2, 0.25) is 0 Å². The molecule has 112 valence electrons. The van der Waals surface area contributed by atoms with Crippen molar-refractivity contribution < 1.29 is 0 Å². The van der Waals surface area contributed by atoms with Gasteiger partial charge in [0, 0.05) is 0 Å². The summed E-state index contributed by atoms with van der Waals surface area (Å²) in [6, 6.07) is 29.6. The third kappa shape index (κ3) is 2.53. The van der Waals surface area contributed by atoms with Crippen LogP contribution in [-0.4, -0.2) is 7.85 Å². The molecule has 4 rings (SSSR count).